The zero-order valence-electron chi connectivity index (χ0n) is 11.1. The maximum atomic E-state index is 12.0. The average Bonchev–Trinajstić information content (AvgIpc) is 2.91. The molecule has 1 aromatic carbocycles. The molecule has 0 atom stereocenters. The van der Waals surface area contributed by atoms with E-state index in [1.54, 1.807) is 19.2 Å². The summed E-state index contributed by atoms with van der Waals surface area (Å²) in [5.41, 5.74) is 7.14. The van der Waals surface area contributed by atoms with Crippen LogP contribution in [0.25, 0.3) is 0 Å². The highest BCUT2D eigenvalue weighted by Crippen LogP contribution is 2.25. The predicted molar refractivity (Wildman–Crippen MR) is 75.4 cm³/mol. The van der Waals surface area contributed by atoms with E-state index in [2.05, 4.69) is 4.72 Å². The fourth-order valence-electron chi connectivity index (χ4n) is 2.39. The summed E-state index contributed by atoms with van der Waals surface area (Å²) >= 11 is 0. The maximum absolute atomic E-state index is 12.0. The van der Waals surface area contributed by atoms with Crippen LogP contribution in [0.1, 0.15) is 31.2 Å². The van der Waals surface area contributed by atoms with Gasteiger partial charge in [-0.2, -0.15) is 0 Å². The molecule has 106 valence electrons. The third-order valence-corrected chi connectivity index (χ3v) is 5.41. The molecule has 5 nitrogen and oxygen atoms in total. The van der Waals surface area contributed by atoms with Gasteiger partial charge in [0.05, 0.1) is 18.0 Å². The van der Waals surface area contributed by atoms with Crippen LogP contribution in [0.4, 0.5) is 5.69 Å². The van der Waals surface area contributed by atoms with E-state index in [4.69, 9.17) is 10.5 Å². The minimum Gasteiger partial charge on any atom is -0.495 e. The number of benzene rings is 1. The summed E-state index contributed by atoms with van der Waals surface area (Å²) in [5, 5.41) is -0.233. The Labute approximate surface area is 114 Å². The third kappa shape index (κ3) is 3.39. The Balaban J connectivity index is 2.00. The highest BCUT2D eigenvalue weighted by molar-refractivity contribution is 7.90. The summed E-state index contributed by atoms with van der Waals surface area (Å²) < 4.78 is 31.8. The van der Waals surface area contributed by atoms with Gasteiger partial charge in [0.1, 0.15) is 5.75 Å². The average molecular weight is 284 g/mol. The van der Waals surface area contributed by atoms with E-state index < -0.39 is 10.0 Å². The quantitative estimate of drug-likeness (QED) is 0.805. The van der Waals surface area contributed by atoms with Gasteiger partial charge < -0.3 is 10.5 Å². The van der Waals surface area contributed by atoms with E-state index in [1.165, 1.54) is 0 Å². The van der Waals surface area contributed by atoms with Gasteiger partial charge in [-0.1, -0.05) is 18.9 Å². The molecule has 0 aromatic heterocycles. The maximum Gasteiger partial charge on any atom is 0.214 e. The van der Waals surface area contributed by atoms with E-state index in [-0.39, 0.29) is 11.8 Å². The molecule has 1 aliphatic rings. The largest absolute Gasteiger partial charge is 0.495 e. The molecule has 1 aliphatic carbocycles. The van der Waals surface area contributed by atoms with Gasteiger partial charge in [0.25, 0.3) is 0 Å². The molecule has 1 saturated carbocycles. The van der Waals surface area contributed by atoms with Gasteiger partial charge in [0.15, 0.2) is 0 Å². The van der Waals surface area contributed by atoms with Gasteiger partial charge >= 0.3 is 0 Å². The number of nitrogen functional groups attached to an aromatic ring is 1. The Morgan fingerprint density at radius 2 is 2.05 bits per heavy atom. The first-order chi connectivity index (χ1) is 9.03. The number of sulfonamides is 1. The van der Waals surface area contributed by atoms with Crippen molar-refractivity contribution < 1.29 is 13.2 Å². The van der Waals surface area contributed by atoms with Gasteiger partial charge in [-0.05, 0) is 30.5 Å². The summed E-state index contributed by atoms with van der Waals surface area (Å²) in [4.78, 5) is 0. The lowest BCUT2D eigenvalue weighted by Crippen LogP contribution is -2.32. The van der Waals surface area contributed by atoms with Crippen molar-refractivity contribution in [1.29, 1.82) is 0 Å². The molecule has 0 saturated heterocycles. The second-order valence-electron chi connectivity index (χ2n) is 4.85. The zero-order valence-corrected chi connectivity index (χ0v) is 11.9. The van der Waals surface area contributed by atoms with Crippen molar-refractivity contribution in [2.45, 2.75) is 37.5 Å². The van der Waals surface area contributed by atoms with Crippen molar-refractivity contribution in [3.63, 3.8) is 0 Å². The third-order valence-electron chi connectivity index (χ3n) is 3.51. The number of hydrogen-bond acceptors (Lipinski definition) is 4. The number of ether oxygens (including phenoxy) is 1. The van der Waals surface area contributed by atoms with Crippen LogP contribution in [-0.2, 0) is 16.6 Å². The highest BCUT2D eigenvalue weighted by Gasteiger charge is 2.28. The Morgan fingerprint density at radius 3 is 2.63 bits per heavy atom. The van der Waals surface area contributed by atoms with E-state index in [0.29, 0.717) is 11.4 Å². The van der Waals surface area contributed by atoms with Crippen LogP contribution in [-0.4, -0.2) is 20.8 Å². The summed E-state index contributed by atoms with van der Waals surface area (Å²) in [7, 11) is -1.66. The van der Waals surface area contributed by atoms with Gasteiger partial charge in [-0.25, -0.2) is 13.1 Å². The SMILES string of the molecule is COc1ccc(CNS(=O)(=O)C2CCCC2)cc1N. The molecule has 0 aliphatic heterocycles. The summed E-state index contributed by atoms with van der Waals surface area (Å²) in [6.45, 7) is 0.271. The van der Waals surface area contributed by atoms with Crippen LogP contribution in [0.2, 0.25) is 0 Å². The first-order valence-electron chi connectivity index (χ1n) is 6.44. The second-order valence-corrected chi connectivity index (χ2v) is 6.89. The van der Waals surface area contributed by atoms with Crippen molar-refractivity contribution in [2.75, 3.05) is 12.8 Å². The Kier molecular flexibility index (Phi) is 4.31. The van der Waals surface area contributed by atoms with Crippen LogP contribution in [0.15, 0.2) is 18.2 Å². The van der Waals surface area contributed by atoms with Crippen LogP contribution in [0.3, 0.4) is 0 Å². The number of rotatable bonds is 5. The molecule has 19 heavy (non-hydrogen) atoms. The van der Waals surface area contributed by atoms with Crippen molar-refractivity contribution in [1.82, 2.24) is 4.72 Å². The topological polar surface area (TPSA) is 81.4 Å². The van der Waals surface area contributed by atoms with Crippen molar-refractivity contribution >= 4 is 15.7 Å². The molecule has 0 radical (unpaired) electrons. The normalized spacial score (nSPS) is 16.7. The van der Waals surface area contributed by atoms with E-state index >= 15 is 0 Å². The first kappa shape index (κ1) is 14.1. The van der Waals surface area contributed by atoms with Gasteiger partial charge in [0, 0.05) is 6.54 Å². The molecule has 0 amide bonds. The molecule has 1 aromatic rings. The zero-order chi connectivity index (χ0) is 13.9. The highest BCUT2D eigenvalue weighted by atomic mass is 32.2. The minimum absolute atomic E-state index is 0.233. The molecule has 0 spiro atoms. The van der Waals surface area contributed by atoms with Crippen molar-refractivity contribution in [2.24, 2.45) is 0 Å². The van der Waals surface area contributed by atoms with E-state index in [0.717, 1.165) is 31.2 Å². The second kappa shape index (κ2) is 5.79. The van der Waals surface area contributed by atoms with E-state index in [1.807, 2.05) is 6.07 Å². The van der Waals surface area contributed by atoms with Crippen molar-refractivity contribution in [3.8, 4) is 5.75 Å². The van der Waals surface area contributed by atoms with Crippen molar-refractivity contribution in [3.05, 3.63) is 23.8 Å². The van der Waals surface area contributed by atoms with Gasteiger partial charge in [-0.15, -0.1) is 0 Å². The molecule has 1 fully saturated rings. The molecule has 0 unspecified atom stereocenters. The lowest BCUT2D eigenvalue weighted by atomic mass is 10.2. The standard InChI is InChI=1S/C13H20N2O3S/c1-18-13-7-6-10(8-12(13)14)9-15-19(16,17)11-4-2-3-5-11/h6-8,11,15H,2-5,9,14H2,1H3. The molecule has 2 rings (SSSR count). The smallest absolute Gasteiger partial charge is 0.214 e. The fourth-order valence-corrected chi connectivity index (χ4v) is 3.95. The van der Waals surface area contributed by atoms with Crippen LogP contribution >= 0.6 is 0 Å². The van der Waals surface area contributed by atoms with Gasteiger partial charge in [0.2, 0.25) is 10.0 Å². The number of nitrogens with two attached hydrogens (primary N) is 1. The lowest BCUT2D eigenvalue weighted by molar-refractivity contribution is 0.417. The molecule has 0 bridgehead atoms. The monoisotopic (exact) mass is 284 g/mol. The Morgan fingerprint density at radius 1 is 1.37 bits per heavy atom. The van der Waals surface area contributed by atoms with Crippen LogP contribution in [0, 0.1) is 0 Å². The van der Waals surface area contributed by atoms with E-state index in [9.17, 15) is 8.42 Å². The molecule has 3 N–H and O–H groups in total. The summed E-state index contributed by atoms with van der Waals surface area (Å²) in [6.07, 6.45) is 3.53. The first-order valence-corrected chi connectivity index (χ1v) is 7.98. The number of methoxy groups -OCH3 is 1. The molecule has 0 heterocycles. The summed E-state index contributed by atoms with van der Waals surface area (Å²) in [5.74, 6) is 0.599. The number of nitrogens with one attached hydrogen (secondary N) is 1. The summed E-state index contributed by atoms with van der Waals surface area (Å²) in [6, 6.07) is 5.29. The molecule has 6 heteroatoms. The predicted octanol–water partition coefficient (Wildman–Crippen LogP) is 1.64. The Hall–Kier alpha value is -1.27. The molecular formula is C13H20N2O3S. The van der Waals surface area contributed by atoms with Crippen LogP contribution in [0.5, 0.6) is 5.75 Å². The lowest BCUT2D eigenvalue weighted by Gasteiger charge is -2.13. The van der Waals surface area contributed by atoms with Gasteiger partial charge in [-0.3, -0.25) is 0 Å². The minimum atomic E-state index is -3.21. The van der Waals surface area contributed by atoms with Crippen LogP contribution < -0.4 is 15.2 Å². The Bertz CT molecular complexity index is 537. The number of anilines is 1. The number of hydrogen-bond donors (Lipinski definition) is 2. The fraction of sp³-hybridized carbons (Fsp3) is 0.538. The molecular weight excluding hydrogens is 264 g/mol.